The fourth-order valence-electron chi connectivity index (χ4n) is 7.53. The minimum atomic E-state index is -2.02. The van der Waals surface area contributed by atoms with E-state index in [9.17, 15) is 20.0 Å². The van der Waals surface area contributed by atoms with Crippen molar-refractivity contribution in [2.45, 2.75) is 116 Å². The molecule has 7 nitrogen and oxygen atoms in total. The van der Waals surface area contributed by atoms with E-state index >= 15 is 0 Å². The van der Waals surface area contributed by atoms with E-state index in [-0.39, 0.29) is 39.6 Å². The standard InChI is InChI=1S/C25H43NO6Si/c1-22(2,3)33(7,8)31-14-15-10-9-11-24(6)13-18-19-20(27)17(26(29)30)12-16(23(19,4)5)21(28)25(15,24)32-18/h15-20,27H,9-14H2,1-8H3/t15-,16+,17?,18+,19+,20?,24+,25-/m1/s1. The molecule has 0 aromatic heterocycles. The molecule has 1 spiro atoms. The van der Waals surface area contributed by atoms with Crippen LogP contribution in [0.15, 0.2) is 0 Å². The van der Waals surface area contributed by atoms with Crippen LogP contribution in [0.1, 0.15) is 73.6 Å². The molecule has 2 aliphatic heterocycles. The number of rotatable bonds is 4. The molecule has 0 amide bonds. The molecule has 188 valence electrons. The molecule has 8 heteroatoms. The highest BCUT2D eigenvalue weighted by Crippen LogP contribution is 2.66. The molecule has 2 unspecified atom stereocenters. The number of carbonyl (C=O) groups excluding carboxylic acids is 1. The van der Waals surface area contributed by atoms with Gasteiger partial charge in [-0.15, -0.1) is 0 Å². The molecule has 4 bridgehead atoms. The predicted molar refractivity (Wildman–Crippen MR) is 128 cm³/mol. The number of nitrogens with zero attached hydrogens (tertiary/aromatic N) is 1. The SMILES string of the molecule is CC1(C)[C@@H]2C(O)C([N+](=O)[O-])C[C@H]1C(=O)[C@@]13O[C@H]2C[C@]1(C)CCC[C@@H]3CO[Si](C)(C)C(C)(C)C. The second kappa shape index (κ2) is 7.58. The number of Topliss-reactive ketones (excluding diaryl/α,β-unsaturated/α-hetero) is 1. The normalized spacial score (nSPS) is 44.8. The van der Waals surface area contributed by atoms with Gasteiger partial charge < -0.3 is 14.3 Å². The zero-order valence-electron chi connectivity index (χ0n) is 21.6. The summed E-state index contributed by atoms with van der Waals surface area (Å²) >= 11 is 0. The van der Waals surface area contributed by atoms with Gasteiger partial charge in [-0.05, 0) is 42.8 Å². The molecule has 2 saturated heterocycles. The largest absolute Gasteiger partial charge is 0.416 e. The van der Waals surface area contributed by atoms with Gasteiger partial charge in [0.2, 0.25) is 6.04 Å². The van der Waals surface area contributed by atoms with Gasteiger partial charge in [-0.2, -0.15) is 0 Å². The van der Waals surface area contributed by atoms with Crippen molar-refractivity contribution in [1.82, 2.24) is 0 Å². The monoisotopic (exact) mass is 481 g/mol. The topological polar surface area (TPSA) is 98.9 Å². The molecule has 4 aliphatic rings. The van der Waals surface area contributed by atoms with E-state index in [1.54, 1.807) is 0 Å². The smallest absolute Gasteiger partial charge is 0.239 e. The summed E-state index contributed by atoms with van der Waals surface area (Å²) in [6, 6.07) is -1.12. The summed E-state index contributed by atoms with van der Waals surface area (Å²) in [5.74, 6) is -0.967. The predicted octanol–water partition coefficient (Wildman–Crippen LogP) is 4.59. The number of hydrogen-bond acceptors (Lipinski definition) is 6. The number of ether oxygens (including phenoxy) is 1. The third-order valence-electron chi connectivity index (χ3n) is 10.5. The van der Waals surface area contributed by atoms with Crippen LogP contribution in [0.25, 0.3) is 0 Å². The lowest BCUT2D eigenvalue weighted by Crippen LogP contribution is -2.65. The van der Waals surface area contributed by atoms with Crippen molar-refractivity contribution in [2.24, 2.45) is 28.6 Å². The van der Waals surface area contributed by atoms with Crippen LogP contribution >= 0.6 is 0 Å². The Balaban J connectivity index is 1.77. The molecule has 0 radical (unpaired) electrons. The maximum atomic E-state index is 14.5. The number of ketones is 1. The minimum absolute atomic E-state index is 0.0299. The van der Waals surface area contributed by atoms with E-state index < -0.39 is 43.3 Å². The van der Waals surface area contributed by atoms with Gasteiger partial charge >= 0.3 is 0 Å². The van der Waals surface area contributed by atoms with Crippen LogP contribution in [0.2, 0.25) is 18.1 Å². The first-order chi connectivity index (χ1) is 15.0. The highest BCUT2D eigenvalue weighted by molar-refractivity contribution is 6.74. The highest BCUT2D eigenvalue weighted by atomic mass is 28.4. The molecule has 8 atom stereocenters. The van der Waals surface area contributed by atoms with Crippen molar-refractivity contribution >= 4 is 14.1 Å². The Hall–Kier alpha value is -0.833. The Morgan fingerprint density at radius 1 is 1.27 bits per heavy atom. The summed E-state index contributed by atoms with van der Waals surface area (Å²) in [6.07, 6.45) is 2.07. The zero-order chi connectivity index (χ0) is 24.8. The Labute approximate surface area is 199 Å². The van der Waals surface area contributed by atoms with E-state index in [0.29, 0.717) is 13.0 Å². The third kappa shape index (κ3) is 3.41. The summed E-state index contributed by atoms with van der Waals surface area (Å²) in [6.45, 7) is 17.8. The average Bonchev–Trinajstić information content (AvgIpc) is 2.96. The molecule has 0 aromatic rings. The zero-order valence-corrected chi connectivity index (χ0v) is 22.6. The summed E-state index contributed by atoms with van der Waals surface area (Å²) in [5, 5.41) is 23.0. The van der Waals surface area contributed by atoms with Gasteiger partial charge in [-0.3, -0.25) is 14.9 Å². The van der Waals surface area contributed by atoms with E-state index in [0.717, 1.165) is 19.3 Å². The van der Waals surface area contributed by atoms with E-state index in [2.05, 4.69) is 40.8 Å². The third-order valence-corrected chi connectivity index (χ3v) is 15.0. The lowest BCUT2D eigenvalue weighted by molar-refractivity contribution is -0.544. The van der Waals surface area contributed by atoms with Crippen LogP contribution in [0.5, 0.6) is 0 Å². The van der Waals surface area contributed by atoms with Gasteiger partial charge in [0.15, 0.2) is 14.1 Å². The molecule has 2 saturated carbocycles. The number of aliphatic hydroxyl groups is 1. The molecule has 4 rings (SSSR count). The molecule has 0 aromatic carbocycles. The van der Waals surface area contributed by atoms with Crippen LogP contribution in [-0.4, -0.2) is 54.6 Å². The molecule has 1 N–H and O–H groups in total. The second-order valence-corrected chi connectivity index (χ2v) is 18.5. The van der Waals surface area contributed by atoms with Gasteiger partial charge in [0.1, 0.15) is 11.7 Å². The lowest BCUT2D eigenvalue weighted by Gasteiger charge is -2.54. The van der Waals surface area contributed by atoms with Crippen LogP contribution in [0.3, 0.4) is 0 Å². The van der Waals surface area contributed by atoms with Crippen molar-refractivity contribution in [3.63, 3.8) is 0 Å². The van der Waals surface area contributed by atoms with Crippen molar-refractivity contribution in [2.75, 3.05) is 6.61 Å². The van der Waals surface area contributed by atoms with Gasteiger partial charge in [0, 0.05) is 41.1 Å². The quantitative estimate of drug-likeness (QED) is 0.358. The fraction of sp³-hybridized carbons (Fsp3) is 0.960. The first-order valence-corrected chi connectivity index (χ1v) is 15.6. The van der Waals surface area contributed by atoms with E-state index in [1.807, 2.05) is 13.8 Å². The van der Waals surface area contributed by atoms with Crippen molar-refractivity contribution < 1.29 is 24.0 Å². The summed E-state index contributed by atoms with van der Waals surface area (Å²) < 4.78 is 13.5. The first-order valence-electron chi connectivity index (χ1n) is 12.7. The lowest BCUT2D eigenvalue weighted by atomic mass is 9.48. The number of carbonyl (C=O) groups is 1. The average molecular weight is 482 g/mol. The summed E-state index contributed by atoms with van der Waals surface area (Å²) in [5.41, 5.74) is -1.87. The van der Waals surface area contributed by atoms with Crippen LogP contribution in [0.4, 0.5) is 0 Å². The Kier molecular flexibility index (Phi) is 5.80. The Morgan fingerprint density at radius 3 is 2.48 bits per heavy atom. The molecule has 2 aliphatic carbocycles. The molecule has 33 heavy (non-hydrogen) atoms. The number of aliphatic hydroxyl groups excluding tert-OH is 1. The van der Waals surface area contributed by atoms with Gasteiger partial charge in [-0.1, -0.05) is 48.0 Å². The number of nitro groups is 1. The maximum Gasteiger partial charge on any atom is 0.239 e. The molecular weight excluding hydrogens is 438 g/mol. The van der Waals surface area contributed by atoms with Crippen LogP contribution < -0.4 is 0 Å². The number of hydrogen-bond donors (Lipinski definition) is 1. The van der Waals surface area contributed by atoms with Gasteiger partial charge in [-0.25, -0.2) is 0 Å². The molecule has 4 fully saturated rings. The fourth-order valence-corrected chi connectivity index (χ4v) is 8.58. The van der Waals surface area contributed by atoms with E-state index in [4.69, 9.17) is 9.16 Å². The molecule has 2 heterocycles. The van der Waals surface area contributed by atoms with E-state index in [1.165, 1.54) is 0 Å². The van der Waals surface area contributed by atoms with Gasteiger partial charge in [0.05, 0.1) is 6.10 Å². The maximum absolute atomic E-state index is 14.5. The van der Waals surface area contributed by atoms with Crippen molar-refractivity contribution in [3.8, 4) is 0 Å². The Morgan fingerprint density at radius 2 is 1.91 bits per heavy atom. The van der Waals surface area contributed by atoms with Crippen LogP contribution in [-0.2, 0) is 14.0 Å². The minimum Gasteiger partial charge on any atom is -0.416 e. The van der Waals surface area contributed by atoms with Crippen molar-refractivity contribution in [1.29, 1.82) is 0 Å². The highest BCUT2D eigenvalue weighted by Gasteiger charge is 2.74. The summed E-state index contributed by atoms with van der Waals surface area (Å²) in [7, 11) is -2.02. The first kappa shape index (κ1) is 25.3. The molecular formula is C25H43NO6Si. The second-order valence-electron chi connectivity index (χ2n) is 13.7. The van der Waals surface area contributed by atoms with Crippen molar-refractivity contribution in [3.05, 3.63) is 10.1 Å². The van der Waals surface area contributed by atoms with Gasteiger partial charge in [0.25, 0.3) is 0 Å². The Bertz CT molecular complexity index is 837. The summed E-state index contributed by atoms with van der Waals surface area (Å²) in [4.78, 5) is 26.0. The van der Waals surface area contributed by atoms with Crippen LogP contribution in [0, 0.1) is 38.7 Å². The number of fused-ring (bicyclic) bond motifs is 4.